The number of aliphatic hydroxyl groups excluding tert-OH is 1. The number of rotatable bonds is 4. The van der Waals surface area contributed by atoms with Crippen molar-refractivity contribution in [2.75, 3.05) is 18.5 Å². The molecule has 15 heavy (non-hydrogen) atoms. The third-order valence-corrected chi connectivity index (χ3v) is 2.23. The maximum atomic E-state index is 12.2. The Morgan fingerprint density at radius 3 is 2.60 bits per heavy atom. The fraction of sp³-hybridized carbons (Fsp3) is 0.455. The van der Waals surface area contributed by atoms with Crippen molar-refractivity contribution in [1.82, 2.24) is 0 Å². The number of aryl methyl sites for hydroxylation is 1. The maximum Gasteiger partial charge on any atom is 0.255 e. The quantitative estimate of drug-likeness (QED) is 0.832. The Balaban J connectivity index is 2.92. The van der Waals surface area contributed by atoms with Crippen LogP contribution in [-0.2, 0) is 6.61 Å². The molecule has 0 aliphatic rings. The largest absolute Gasteiger partial charge is 0.392 e. The number of nitrogens with zero attached hydrogens (tertiary/aromatic N) is 1. The van der Waals surface area contributed by atoms with Gasteiger partial charge < -0.3 is 10.0 Å². The first-order valence-electron chi connectivity index (χ1n) is 4.74. The maximum absolute atomic E-state index is 12.2. The van der Waals surface area contributed by atoms with Crippen LogP contribution in [0.5, 0.6) is 0 Å². The van der Waals surface area contributed by atoms with Crippen LogP contribution < -0.4 is 4.90 Å². The topological polar surface area (TPSA) is 23.5 Å². The lowest BCUT2D eigenvalue weighted by Gasteiger charge is -2.21. The molecule has 1 N–H and O–H groups in total. The summed E-state index contributed by atoms with van der Waals surface area (Å²) in [6.07, 6.45) is -2.37. The van der Waals surface area contributed by atoms with Crippen molar-refractivity contribution in [3.63, 3.8) is 0 Å². The van der Waals surface area contributed by atoms with Gasteiger partial charge in [0.2, 0.25) is 0 Å². The number of hydrogen-bond acceptors (Lipinski definition) is 2. The van der Waals surface area contributed by atoms with Crippen LogP contribution in [0.4, 0.5) is 14.5 Å². The van der Waals surface area contributed by atoms with E-state index in [-0.39, 0.29) is 13.2 Å². The Morgan fingerprint density at radius 1 is 1.40 bits per heavy atom. The third kappa shape index (κ3) is 3.16. The Kier molecular flexibility index (Phi) is 4.03. The Hall–Kier alpha value is -1.16. The zero-order valence-electron chi connectivity index (χ0n) is 8.87. The van der Waals surface area contributed by atoms with Crippen molar-refractivity contribution in [2.24, 2.45) is 0 Å². The molecule has 1 rings (SSSR count). The molecule has 0 aliphatic heterocycles. The monoisotopic (exact) mass is 215 g/mol. The van der Waals surface area contributed by atoms with Crippen LogP contribution in [-0.4, -0.2) is 25.1 Å². The standard InChI is InChI=1S/C11H15F2NO/c1-8-3-4-10(9(5-8)7-15)14(2)6-11(12)13/h3-5,11,15H,6-7H2,1-2H3. The van der Waals surface area contributed by atoms with E-state index in [4.69, 9.17) is 5.11 Å². The van der Waals surface area contributed by atoms with Gasteiger partial charge in [-0.15, -0.1) is 0 Å². The minimum absolute atomic E-state index is 0.134. The van der Waals surface area contributed by atoms with E-state index < -0.39 is 6.43 Å². The average Bonchev–Trinajstić information content (AvgIpc) is 2.16. The van der Waals surface area contributed by atoms with Gasteiger partial charge in [-0.1, -0.05) is 17.7 Å². The second kappa shape index (κ2) is 5.07. The van der Waals surface area contributed by atoms with E-state index in [1.165, 1.54) is 4.90 Å². The predicted molar refractivity (Wildman–Crippen MR) is 56.4 cm³/mol. The zero-order valence-corrected chi connectivity index (χ0v) is 8.87. The number of benzene rings is 1. The Labute approximate surface area is 88.1 Å². The summed E-state index contributed by atoms with van der Waals surface area (Å²) in [6.45, 7) is 1.44. The average molecular weight is 215 g/mol. The van der Waals surface area contributed by atoms with E-state index in [1.807, 2.05) is 13.0 Å². The van der Waals surface area contributed by atoms with Crippen LogP contribution in [0.15, 0.2) is 18.2 Å². The smallest absolute Gasteiger partial charge is 0.255 e. The van der Waals surface area contributed by atoms with Gasteiger partial charge in [-0.25, -0.2) is 8.78 Å². The van der Waals surface area contributed by atoms with Crippen LogP contribution >= 0.6 is 0 Å². The van der Waals surface area contributed by atoms with E-state index in [0.717, 1.165) is 5.56 Å². The molecule has 0 aliphatic carbocycles. The molecule has 0 amide bonds. The van der Waals surface area contributed by atoms with Gasteiger partial charge in [-0.2, -0.15) is 0 Å². The van der Waals surface area contributed by atoms with Crippen LogP contribution in [0.1, 0.15) is 11.1 Å². The summed E-state index contributed by atoms with van der Waals surface area (Å²) in [5, 5.41) is 9.11. The molecule has 0 saturated heterocycles. The third-order valence-electron chi connectivity index (χ3n) is 2.23. The van der Waals surface area contributed by atoms with Gasteiger partial charge in [0.1, 0.15) is 0 Å². The predicted octanol–water partition coefficient (Wildman–Crippen LogP) is 2.19. The van der Waals surface area contributed by atoms with E-state index in [0.29, 0.717) is 11.3 Å². The molecule has 1 aromatic rings. The number of aliphatic hydroxyl groups is 1. The first-order valence-corrected chi connectivity index (χ1v) is 4.74. The second-order valence-corrected chi connectivity index (χ2v) is 3.56. The molecular formula is C11H15F2NO. The molecule has 0 bridgehead atoms. The first kappa shape index (κ1) is 11.9. The normalized spacial score (nSPS) is 10.8. The summed E-state index contributed by atoms with van der Waals surface area (Å²) in [7, 11) is 1.59. The van der Waals surface area contributed by atoms with E-state index >= 15 is 0 Å². The van der Waals surface area contributed by atoms with Gasteiger partial charge in [0.05, 0.1) is 13.2 Å². The Morgan fingerprint density at radius 2 is 2.07 bits per heavy atom. The molecule has 2 nitrogen and oxygen atoms in total. The van der Waals surface area contributed by atoms with Gasteiger partial charge in [-0.3, -0.25) is 0 Å². The highest BCUT2D eigenvalue weighted by molar-refractivity contribution is 5.54. The van der Waals surface area contributed by atoms with Crippen LogP contribution in [0.25, 0.3) is 0 Å². The molecule has 84 valence electrons. The van der Waals surface area contributed by atoms with E-state index in [2.05, 4.69) is 0 Å². The molecule has 0 radical (unpaired) electrons. The summed E-state index contributed by atoms with van der Waals surface area (Å²) in [5.41, 5.74) is 2.34. The fourth-order valence-corrected chi connectivity index (χ4v) is 1.52. The van der Waals surface area contributed by atoms with Crippen molar-refractivity contribution >= 4 is 5.69 Å². The molecule has 0 heterocycles. The molecule has 0 spiro atoms. The lowest BCUT2D eigenvalue weighted by atomic mass is 10.1. The van der Waals surface area contributed by atoms with Crippen molar-refractivity contribution in [1.29, 1.82) is 0 Å². The summed E-state index contributed by atoms with van der Waals surface area (Å²) in [4.78, 5) is 1.45. The minimum Gasteiger partial charge on any atom is -0.392 e. The SMILES string of the molecule is Cc1ccc(N(C)CC(F)F)c(CO)c1. The number of halogens is 2. The van der Waals surface area contributed by atoms with Crippen LogP contribution in [0.2, 0.25) is 0 Å². The lowest BCUT2D eigenvalue weighted by molar-refractivity contribution is 0.156. The summed E-state index contributed by atoms with van der Waals surface area (Å²) in [6, 6.07) is 5.40. The molecule has 0 unspecified atom stereocenters. The minimum atomic E-state index is -2.37. The summed E-state index contributed by atoms with van der Waals surface area (Å²) in [5.74, 6) is 0. The summed E-state index contributed by atoms with van der Waals surface area (Å²) >= 11 is 0. The van der Waals surface area contributed by atoms with Crippen LogP contribution in [0, 0.1) is 6.92 Å². The molecule has 0 saturated carbocycles. The van der Waals surface area contributed by atoms with Gasteiger partial charge in [-0.05, 0) is 13.0 Å². The van der Waals surface area contributed by atoms with E-state index in [9.17, 15) is 8.78 Å². The lowest BCUT2D eigenvalue weighted by Crippen LogP contribution is -2.25. The highest BCUT2D eigenvalue weighted by Gasteiger charge is 2.11. The Bertz CT molecular complexity index is 328. The molecular weight excluding hydrogens is 200 g/mol. The van der Waals surface area contributed by atoms with Gasteiger partial charge in [0.25, 0.3) is 6.43 Å². The van der Waals surface area contributed by atoms with Gasteiger partial charge in [0, 0.05) is 18.3 Å². The zero-order chi connectivity index (χ0) is 11.4. The number of alkyl halides is 2. The van der Waals surface area contributed by atoms with Crippen LogP contribution in [0.3, 0.4) is 0 Å². The molecule has 0 fully saturated rings. The van der Waals surface area contributed by atoms with Crippen molar-refractivity contribution < 1.29 is 13.9 Å². The highest BCUT2D eigenvalue weighted by atomic mass is 19.3. The summed E-state index contributed by atoms with van der Waals surface area (Å²) < 4.78 is 24.4. The molecule has 0 atom stereocenters. The molecule has 1 aromatic carbocycles. The van der Waals surface area contributed by atoms with Gasteiger partial charge in [0.15, 0.2) is 0 Å². The highest BCUT2D eigenvalue weighted by Crippen LogP contribution is 2.21. The van der Waals surface area contributed by atoms with Gasteiger partial charge >= 0.3 is 0 Å². The van der Waals surface area contributed by atoms with Crippen molar-refractivity contribution in [3.8, 4) is 0 Å². The van der Waals surface area contributed by atoms with E-state index in [1.54, 1.807) is 19.2 Å². The number of anilines is 1. The second-order valence-electron chi connectivity index (χ2n) is 3.56. The van der Waals surface area contributed by atoms with Crippen molar-refractivity contribution in [2.45, 2.75) is 20.0 Å². The number of hydrogen-bond donors (Lipinski definition) is 1. The molecule has 0 aromatic heterocycles. The fourth-order valence-electron chi connectivity index (χ4n) is 1.52. The first-order chi connectivity index (χ1) is 7.04. The van der Waals surface area contributed by atoms with Crippen molar-refractivity contribution in [3.05, 3.63) is 29.3 Å². The molecule has 4 heteroatoms.